The Morgan fingerprint density at radius 2 is 2.12 bits per heavy atom. The highest BCUT2D eigenvalue weighted by molar-refractivity contribution is 8.00. The summed E-state index contributed by atoms with van der Waals surface area (Å²) < 4.78 is 16.8. The van der Waals surface area contributed by atoms with Crippen LogP contribution in [0.1, 0.15) is 46.0 Å². The second-order valence-corrected chi connectivity index (χ2v) is 10.3. The van der Waals surface area contributed by atoms with Gasteiger partial charge in [0.15, 0.2) is 11.5 Å². The van der Waals surface area contributed by atoms with Crippen molar-refractivity contribution in [3.8, 4) is 0 Å². The summed E-state index contributed by atoms with van der Waals surface area (Å²) in [4.78, 5) is 11.8. The Balaban J connectivity index is 1.73. The zero-order valence-electron chi connectivity index (χ0n) is 15.7. The topological polar surface area (TPSA) is 37.3 Å². The fraction of sp³-hybridized carbons (Fsp3) is 0.682. The van der Waals surface area contributed by atoms with Crippen molar-refractivity contribution in [1.29, 1.82) is 0 Å². The average molecular weight is 377 g/mol. The maximum absolute atomic E-state index is 16.8. The van der Waals surface area contributed by atoms with Crippen LogP contribution in [0, 0.1) is 22.7 Å². The molecular formula is C22H29FO2S. The molecule has 0 aromatic rings. The lowest BCUT2D eigenvalue weighted by Crippen LogP contribution is -2.66. The molecule has 7 atom stereocenters. The fourth-order valence-corrected chi connectivity index (χ4v) is 7.94. The van der Waals surface area contributed by atoms with Crippen LogP contribution in [0.2, 0.25) is 0 Å². The van der Waals surface area contributed by atoms with Gasteiger partial charge in [-0.15, -0.1) is 6.58 Å². The van der Waals surface area contributed by atoms with E-state index in [-0.39, 0.29) is 17.1 Å². The van der Waals surface area contributed by atoms with E-state index in [9.17, 15) is 9.90 Å². The first-order chi connectivity index (χ1) is 12.3. The van der Waals surface area contributed by atoms with Crippen LogP contribution in [0.5, 0.6) is 0 Å². The molecule has 4 rings (SSSR count). The summed E-state index contributed by atoms with van der Waals surface area (Å²) in [6.07, 6.45) is 9.89. The van der Waals surface area contributed by atoms with Crippen molar-refractivity contribution in [3.63, 3.8) is 0 Å². The maximum atomic E-state index is 16.8. The van der Waals surface area contributed by atoms with Crippen LogP contribution in [0.25, 0.3) is 0 Å². The molecule has 0 radical (unpaired) electrons. The van der Waals surface area contributed by atoms with Gasteiger partial charge in [-0.05, 0) is 62.5 Å². The van der Waals surface area contributed by atoms with Crippen LogP contribution >= 0.6 is 11.8 Å². The Hall–Kier alpha value is -0.870. The molecule has 3 fully saturated rings. The van der Waals surface area contributed by atoms with E-state index in [2.05, 4.69) is 13.5 Å². The lowest BCUT2D eigenvalue weighted by molar-refractivity contribution is -0.188. The molecule has 4 aliphatic rings. The third-order valence-corrected chi connectivity index (χ3v) is 9.57. The standard InChI is InChI=1S/C22H29FO2S/c1-4-11-26-19-8-7-16-17-6-5-14-12-15(24)9-10-21(14,3)22(17,23)18(25)13-20(16,19)2/h4,9-10,12,16-19,25H,1,5-8,11,13H2,2-3H3/t16-,17-,18-,19-,20-,21-,22?/m0/s1. The van der Waals surface area contributed by atoms with Crippen molar-refractivity contribution in [3.05, 3.63) is 36.5 Å². The van der Waals surface area contributed by atoms with Crippen LogP contribution in [0.4, 0.5) is 4.39 Å². The van der Waals surface area contributed by atoms with Crippen molar-refractivity contribution >= 4 is 17.5 Å². The second kappa shape index (κ2) is 6.07. The number of hydrogen-bond acceptors (Lipinski definition) is 3. The molecule has 0 amide bonds. The quantitative estimate of drug-likeness (QED) is 0.729. The van der Waals surface area contributed by atoms with Gasteiger partial charge in [-0.3, -0.25) is 4.79 Å². The molecule has 4 heteroatoms. The molecule has 0 aliphatic heterocycles. The molecule has 26 heavy (non-hydrogen) atoms. The summed E-state index contributed by atoms with van der Waals surface area (Å²) in [5.41, 5.74) is -1.71. The number of allylic oxidation sites excluding steroid dienone is 4. The minimum Gasteiger partial charge on any atom is -0.390 e. The van der Waals surface area contributed by atoms with Crippen molar-refractivity contribution in [2.24, 2.45) is 22.7 Å². The molecular weight excluding hydrogens is 347 g/mol. The number of rotatable bonds is 3. The lowest BCUT2D eigenvalue weighted by atomic mass is 9.46. The summed E-state index contributed by atoms with van der Waals surface area (Å²) in [5, 5.41) is 11.6. The number of thioether (sulfide) groups is 1. The first-order valence-electron chi connectivity index (χ1n) is 9.81. The Bertz CT molecular complexity index is 700. The van der Waals surface area contributed by atoms with E-state index in [1.165, 1.54) is 6.08 Å². The smallest absolute Gasteiger partial charge is 0.178 e. The Morgan fingerprint density at radius 1 is 1.35 bits per heavy atom. The van der Waals surface area contributed by atoms with Crippen LogP contribution in [-0.2, 0) is 4.79 Å². The predicted octanol–water partition coefficient (Wildman–Crippen LogP) is 4.65. The Kier molecular flexibility index (Phi) is 4.31. The zero-order chi connectivity index (χ0) is 18.7. The summed E-state index contributed by atoms with van der Waals surface area (Å²) in [7, 11) is 0. The van der Waals surface area contributed by atoms with Crippen molar-refractivity contribution in [2.45, 2.75) is 63.0 Å². The number of hydrogen-bond donors (Lipinski definition) is 1. The molecule has 4 aliphatic carbocycles. The minimum atomic E-state index is -1.68. The Labute approximate surface area is 160 Å². The zero-order valence-corrected chi connectivity index (χ0v) is 16.5. The van der Waals surface area contributed by atoms with Gasteiger partial charge in [0.05, 0.1) is 6.10 Å². The van der Waals surface area contributed by atoms with Crippen molar-refractivity contribution in [2.75, 3.05) is 5.75 Å². The van der Waals surface area contributed by atoms with Gasteiger partial charge < -0.3 is 5.11 Å². The first kappa shape index (κ1) is 18.5. The van der Waals surface area contributed by atoms with E-state index in [0.29, 0.717) is 17.6 Å². The number of ketones is 1. The van der Waals surface area contributed by atoms with Gasteiger partial charge in [0.2, 0.25) is 0 Å². The number of carbonyl (C=O) groups excluding carboxylic acids is 1. The fourth-order valence-electron chi connectivity index (χ4n) is 6.62. The third-order valence-electron chi connectivity index (χ3n) is 7.97. The second-order valence-electron chi connectivity index (χ2n) is 9.04. The number of alkyl halides is 1. The number of aliphatic hydroxyl groups is 1. The average Bonchev–Trinajstić information content (AvgIpc) is 2.91. The molecule has 0 heterocycles. The molecule has 1 unspecified atom stereocenters. The summed E-state index contributed by atoms with van der Waals surface area (Å²) in [5.74, 6) is 0.994. The summed E-state index contributed by atoms with van der Waals surface area (Å²) in [6.45, 7) is 7.98. The Morgan fingerprint density at radius 3 is 2.85 bits per heavy atom. The maximum Gasteiger partial charge on any atom is 0.178 e. The molecule has 2 nitrogen and oxygen atoms in total. The predicted molar refractivity (Wildman–Crippen MR) is 105 cm³/mol. The van der Waals surface area contributed by atoms with Gasteiger partial charge in [0.25, 0.3) is 0 Å². The number of carbonyl (C=O) groups is 1. The van der Waals surface area contributed by atoms with Gasteiger partial charge in [0.1, 0.15) is 0 Å². The monoisotopic (exact) mass is 376 g/mol. The SMILES string of the molecule is C=CCS[C@H]1CC[C@H]2[C@@H]3CCC4=CC(=O)C=C[C@]4(C)C3(F)[C@@H](O)C[C@]12C. The van der Waals surface area contributed by atoms with Crippen LogP contribution in [-0.4, -0.2) is 33.7 Å². The van der Waals surface area contributed by atoms with E-state index >= 15 is 4.39 Å². The highest BCUT2D eigenvalue weighted by atomic mass is 32.2. The lowest BCUT2D eigenvalue weighted by Gasteiger charge is -2.62. The molecule has 0 aromatic carbocycles. The number of aliphatic hydroxyl groups excluding tert-OH is 1. The van der Waals surface area contributed by atoms with Gasteiger partial charge in [-0.2, -0.15) is 11.8 Å². The summed E-state index contributed by atoms with van der Waals surface area (Å²) >= 11 is 1.91. The van der Waals surface area contributed by atoms with Crippen molar-refractivity contribution < 1.29 is 14.3 Å². The van der Waals surface area contributed by atoms with Crippen LogP contribution < -0.4 is 0 Å². The van der Waals surface area contributed by atoms with Crippen molar-refractivity contribution in [1.82, 2.24) is 0 Å². The minimum absolute atomic E-state index is 0.0286. The van der Waals surface area contributed by atoms with Crippen LogP contribution in [0.15, 0.2) is 36.5 Å². The van der Waals surface area contributed by atoms with E-state index in [1.54, 1.807) is 12.2 Å². The normalized spacial score (nSPS) is 49.8. The van der Waals surface area contributed by atoms with Gasteiger partial charge >= 0.3 is 0 Å². The molecule has 0 saturated heterocycles. The van der Waals surface area contributed by atoms with E-state index in [0.717, 1.165) is 37.0 Å². The number of fused-ring (bicyclic) bond motifs is 5. The van der Waals surface area contributed by atoms with E-state index < -0.39 is 17.2 Å². The highest BCUT2D eigenvalue weighted by Crippen LogP contribution is 2.68. The third kappa shape index (κ3) is 2.24. The highest BCUT2D eigenvalue weighted by Gasteiger charge is 2.70. The van der Waals surface area contributed by atoms with E-state index in [4.69, 9.17) is 0 Å². The van der Waals surface area contributed by atoms with Gasteiger partial charge in [-0.1, -0.05) is 24.6 Å². The molecule has 1 N–H and O–H groups in total. The molecule has 0 bridgehead atoms. The van der Waals surface area contributed by atoms with E-state index in [1.807, 2.05) is 24.8 Å². The number of halogens is 1. The summed E-state index contributed by atoms with van der Waals surface area (Å²) in [6, 6.07) is 0. The molecule has 0 spiro atoms. The largest absolute Gasteiger partial charge is 0.390 e. The first-order valence-corrected chi connectivity index (χ1v) is 10.9. The van der Waals surface area contributed by atoms with Crippen LogP contribution in [0.3, 0.4) is 0 Å². The molecule has 0 aromatic heterocycles. The molecule has 142 valence electrons. The van der Waals surface area contributed by atoms with Gasteiger partial charge in [0, 0.05) is 22.3 Å². The molecule has 3 saturated carbocycles. The van der Waals surface area contributed by atoms with Gasteiger partial charge in [-0.25, -0.2) is 4.39 Å².